The van der Waals surface area contributed by atoms with Crippen LogP contribution in [0.1, 0.15) is 31.2 Å². The summed E-state index contributed by atoms with van der Waals surface area (Å²) in [5, 5.41) is 6.09. The summed E-state index contributed by atoms with van der Waals surface area (Å²) in [6.07, 6.45) is 6.48. The molecule has 0 saturated carbocycles. The number of anilines is 1. The Hall–Kier alpha value is -1.66. The predicted molar refractivity (Wildman–Crippen MR) is 91.3 cm³/mol. The topological polar surface area (TPSA) is 66.5 Å². The first-order valence-corrected chi connectivity index (χ1v) is 8.36. The van der Waals surface area contributed by atoms with Gasteiger partial charge in [-0.1, -0.05) is 12.5 Å². The summed E-state index contributed by atoms with van der Waals surface area (Å²) >= 11 is 0. The maximum Gasteiger partial charge on any atom is 0.245 e. The molecule has 0 radical (unpaired) electrons. The number of methoxy groups -OCH3 is 1. The van der Waals surface area contributed by atoms with Gasteiger partial charge in [0.2, 0.25) is 5.91 Å². The number of nitrogens with one attached hydrogen (secondary N) is 2. The summed E-state index contributed by atoms with van der Waals surface area (Å²) < 4.78 is 4.84. The SMILES string of the molecule is CNc1ncccc1CN1CCCC[C@H]1CCNC(=O)COC. The van der Waals surface area contributed by atoms with Gasteiger partial charge in [0.1, 0.15) is 12.4 Å². The van der Waals surface area contributed by atoms with Crippen LogP contribution in [-0.4, -0.2) is 55.7 Å². The smallest absolute Gasteiger partial charge is 0.245 e. The number of carbonyl (C=O) groups excluding carboxylic acids is 1. The third kappa shape index (κ3) is 5.48. The zero-order valence-corrected chi connectivity index (χ0v) is 14.2. The number of piperidine rings is 1. The lowest BCUT2D eigenvalue weighted by Gasteiger charge is -2.36. The second kappa shape index (κ2) is 9.47. The lowest BCUT2D eigenvalue weighted by molar-refractivity contribution is -0.124. The van der Waals surface area contributed by atoms with Crippen molar-refractivity contribution in [2.75, 3.05) is 39.2 Å². The Morgan fingerprint density at radius 3 is 3.13 bits per heavy atom. The van der Waals surface area contributed by atoms with Crippen LogP contribution in [0.15, 0.2) is 18.3 Å². The maximum absolute atomic E-state index is 11.5. The number of pyridine rings is 1. The molecule has 1 aliphatic heterocycles. The molecule has 2 rings (SSSR count). The first-order chi connectivity index (χ1) is 11.2. The first kappa shape index (κ1) is 17.7. The van der Waals surface area contributed by atoms with Gasteiger partial charge < -0.3 is 15.4 Å². The summed E-state index contributed by atoms with van der Waals surface area (Å²) in [6, 6.07) is 4.63. The molecular formula is C17H28N4O2. The van der Waals surface area contributed by atoms with Crippen molar-refractivity contribution in [1.82, 2.24) is 15.2 Å². The van der Waals surface area contributed by atoms with E-state index in [4.69, 9.17) is 4.74 Å². The Bertz CT molecular complexity index is 495. The average molecular weight is 320 g/mol. The zero-order valence-electron chi connectivity index (χ0n) is 14.2. The quantitative estimate of drug-likeness (QED) is 0.762. The Morgan fingerprint density at radius 1 is 1.48 bits per heavy atom. The van der Waals surface area contributed by atoms with Crippen LogP contribution in [0, 0.1) is 0 Å². The van der Waals surface area contributed by atoms with Crippen LogP contribution in [-0.2, 0) is 16.1 Å². The molecule has 23 heavy (non-hydrogen) atoms. The standard InChI is InChI=1S/C17H28N4O2/c1-18-17-14(6-5-9-20-17)12-21-11-4-3-7-15(21)8-10-19-16(22)13-23-2/h5-6,9,15H,3-4,7-8,10-13H2,1-2H3,(H,18,20)(H,19,22)/t15-/m0/s1. The van der Waals surface area contributed by atoms with Crippen LogP contribution in [0.5, 0.6) is 0 Å². The maximum atomic E-state index is 11.5. The van der Waals surface area contributed by atoms with E-state index in [0.29, 0.717) is 12.6 Å². The predicted octanol–water partition coefficient (Wildman–Crippen LogP) is 1.63. The van der Waals surface area contributed by atoms with E-state index in [1.165, 1.54) is 31.9 Å². The summed E-state index contributed by atoms with van der Waals surface area (Å²) in [7, 11) is 3.44. The largest absolute Gasteiger partial charge is 0.375 e. The van der Waals surface area contributed by atoms with Gasteiger partial charge in [-0.2, -0.15) is 0 Å². The Morgan fingerprint density at radius 2 is 2.35 bits per heavy atom. The van der Waals surface area contributed by atoms with Crippen LogP contribution in [0.25, 0.3) is 0 Å². The zero-order chi connectivity index (χ0) is 16.5. The van der Waals surface area contributed by atoms with Crippen molar-refractivity contribution >= 4 is 11.7 Å². The number of carbonyl (C=O) groups is 1. The molecule has 1 atom stereocenters. The molecule has 1 saturated heterocycles. The summed E-state index contributed by atoms with van der Waals surface area (Å²) in [6.45, 7) is 2.85. The van der Waals surface area contributed by atoms with E-state index in [9.17, 15) is 4.79 Å². The Labute approximate surface area is 138 Å². The minimum atomic E-state index is -0.0420. The van der Waals surface area contributed by atoms with E-state index < -0.39 is 0 Å². The van der Waals surface area contributed by atoms with Crippen molar-refractivity contribution in [3.05, 3.63) is 23.9 Å². The summed E-state index contributed by atoms with van der Waals surface area (Å²) in [5.41, 5.74) is 1.23. The highest BCUT2D eigenvalue weighted by molar-refractivity contribution is 5.77. The number of ether oxygens (including phenoxy) is 1. The van der Waals surface area contributed by atoms with Gasteiger partial charge in [0.05, 0.1) is 0 Å². The lowest BCUT2D eigenvalue weighted by Crippen LogP contribution is -2.41. The number of aromatic nitrogens is 1. The molecule has 0 unspecified atom stereocenters. The van der Waals surface area contributed by atoms with Gasteiger partial charge in [-0.15, -0.1) is 0 Å². The molecule has 1 aromatic rings. The van der Waals surface area contributed by atoms with Crippen molar-refractivity contribution in [3.8, 4) is 0 Å². The molecule has 2 heterocycles. The molecule has 1 aliphatic rings. The fourth-order valence-corrected chi connectivity index (χ4v) is 3.17. The normalized spacial score (nSPS) is 18.6. The molecule has 2 N–H and O–H groups in total. The third-order valence-electron chi connectivity index (χ3n) is 4.33. The van der Waals surface area contributed by atoms with E-state index in [1.54, 1.807) is 0 Å². The monoisotopic (exact) mass is 320 g/mol. The van der Waals surface area contributed by atoms with Crippen molar-refractivity contribution in [2.45, 2.75) is 38.3 Å². The van der Waals surface area contributed by atoms with Gasteiger partial charge in [0.15, 0.2) is 0 Å². The number of hydrogen-bond donors (Lipinski definition) is 2. The van der Waals surface area contributed by atoms with Crippen LogP contribution in [0.3, 0.4) is 0 Å². The van der Waals surface area contributed by atoms with Crippen molar-refractivity contribution < 1.29 is 9.53 Å². The molecule has 6 heteroatoms. The Kier molecular flexibility index (Phi) is 7.29. The van der Waals surface area contributed by atoms with Crippen molar-refractivity contribution in [2.24, 2.45) is 0 Å². The van der Waals surface area contributed by atoms with Gasteiger partial charge in [-0.05, 0) is 31.9 Å². The van der Waals surface area contributed by atoms with E-state index >= 15 is 0 Å². The molecule has 0 spiro atoms. The summed E-state index contributed by atoms with van der Waals surface area (Å²) in [4.78, 5) is 18.4. The van der Waals surface area contributed by atoms with E-state index in [2.05, 4.69) is 26.6 Å². The fraction of sp³-hybridized carbons (Fsp3) is 0.647. The van der Waals surface area contributed by atoms with E-state index in [1.807, 2.05) is 19.3 Å². The number of nitrogens with zero attached hydrogens (tertiary/aromatic N) is 2. The molecule has 0 bridgehead atoms. The molecule has 1 fully saturated rings. The minimum Gasteiger partial charge on any atom is -0.375 e. The highest BCUT2D eigenvalue weighted by Gasteiger charge is 2.23. The molecule has 128 valence electrons. The fourth-order valence-electron chi connectivity index (χ4n) is 3.17. The average Bonchev–Trinajstić information content (AvgIpc) is 2.57. The molecule has 1 amide bonds. The highest BCUT2D eigenvalue weighted by Crippen LogP contribution is 2.23. The van der Waals surface area contributed by atoms with Gasteiger partial charge >= 0.3 is 0 Å². The second-order valence-electron chi connectivity index (χ2n) is 5.95. The molecule has 0 aromatic carbocycles. The minimum absolute atomic E-state index is 0.0420. The molecule has 1 aromatic heterocycles. The van der Waals surface area contributed by atoms with E-state index in [-0.39, 0.29) is 12.5 Å². The third-order valence-corrected chi connectivity index (χ3v) is 4.33. The molecule has 0 aliphatic carbocycles. The van der Waals surface area contributed by atoms with Gasteiger partial charge in [-0.3, -0.25) is 9.69 Å². The van der Waals surface area contributed by atoms with Crippen molar-refractivity contribution in [3.63, 3.8) is 0 Å². The highest BCUT2D eigenvalue weighted by atomic mass is 16.5. The Balaban J connectivity index is 1.89. The second-order valence-corrected chi connectivity index (χ2v) is 5.95. The number of rotatable bonds is 8. The van der Waals surface area contributed by atoms with Crippen LogP contribution < -0.4 is 10.6 Å². The lowest BCUT2D eigenvalue weighted by atomic mass is 9.98. The van der Waals surface area contributed by atoms with Crippen LogP contribution >= 0.6 is 0 Å². The number of hydrogen-bond acceptors (Lipinski definition) is 5. The number of likely N-dealkylation sites (tertiary alicyclic amines) is 1. The van der Waals surface area contributed by atoms with Crippen LogP contribution in [0.4, 0.5) is 5.82 Å². The van der Waals surface area contributed by atoms with Crippen LogP contribution in [0.2, 0.25) is 0 Å². The van der Waals surface area contributed by atoms with Gasteiger partial charge in [0, 0.05) is 45.0 Å². The van der Waals surface area contributed by atoms with E-state index in [0.717, 1.165) is 25.3 Å². The van der Waals surface area contributed by atoms with Gasteiger partial charge in [0.25, 0.3) is 0 Å². The first-order valence-electron chi connectivity index (χ1n) is 8.36. The summed E-state index contributed by atoms with van der Waals surface area (Å²) in [5.74, 6) is 0.907. The molecular weight excluding hydrogens is 292 g/mol. The molecule has 6 nitrogen and oxygen atoms in total. The number of amides is 1. The van der Waals surface area contributed by atoms with Gasteiger partial charge in [-0.25, -0.2) is 4.98 Å². The van der Waals surface area contributed by atoms with Crippen molar-refractivity contribution in [1.29, 1.82) is 0 Å².